The van der Waals surface area contributed by atoms with E-state index in [1.807, 2.05) is 97.1 Å². The average Bonchev–Trinajstić information content (AvgIpc) is 4.05. The number of alkyl carbamates (subject to hydrolysis) is 1. The number of nitrogens with zero attached hydrogens (tertiary/aromatic N) is 8. The highest BCUT2D eigenvalue weighted by Crippen LogP contribution is 2.51. The molecule has 1 aliphatic rings. The SMILES string of the molecule is COc1ccc(C(OC[C@H]2O[C@@H](n3cc4cc(-c5cccc(N(C(=N)NC(=O)OCCC#N)C(=O)OCCC#N)c5)n(C)c4nc3=O)C[C@@H]2OP(OCCC#N)N(C(C)C)C(C)C)(c2ccccc2)c2ccc(OC)cc2)cc1. The maximum absolute atomic E-state index is 14.4. The van der Waals surface area contributed by atoms with Crippen LogP contribution in [0.5, 0.6) is 11.5 Å². The van der Waals surface area contributed by atoms with Crippen LogP contribution in [0, 0.1) is 39.4 Å². The van der Waals surface area contributed by atoms with Crippen molar-refractivity contribution in [3.8, 4) is 41.0 Å². The fraction of sp³-hybridized carbons (Fsp3) is 0.368. The lowest BCUT2D eigenvalue weighted by Crippen LogP contribution is -2.47. The van der Waals surface area contributed by atoms with E-state index in [2.05, 4.69) is 48.7 Å². The zero-order chi connectivity index (χ0) is 56.6. The third-order valence-electron chi connectivity index (χ3n) is 12.9. The van der Waals surface area contributed by atoms with Crippen molar-refractivity contribution in [1.29, 1.82) is 21.2 Å². The van der Waals surface area contributed by atoms with Crippen LogP contribution in [0.15, 0.2) is 120 Å². The minimum Gasteiger partial charge on any atom is -0.497 e. The Balaban J connectivity index is 1.28. The number of rotatable bonds is 23. The number of methoxy groups -OCH3 is 2. The van der Waals surface area contributed by atoms with Gasteiger partial charge in [0.25, 0.3) is 8.53 Å². The first-order chi connectivity index (χ1) is 38.2. The molecule has 0 radical (unpaired) electrons. The first-order valence-electron chi connectivity index (χ1n) is 25.5. The first-order valence-corrected chi connectivity index (χ1v) is 26.6. The summed E-state index contributed by atoms with van der Waals surface area (Å²) in [6, 6.07) is 39.4. The van der Waals surface area contributed by atoms with Crippen molar-refractivity contribution in [2.75, 3.05) is 45.5 Å². The van der Waals surface area contributed by atoms with Gasteiger partial charge in [-0.3, -0.25) is 15.3 Å². The Kier molecular flexibility index (Phi) is 20.3. The average molecular weight is 1100 g/mol. The monoisotopic (exact) mass is 1090 g/mol. The summed E-state index contributed by atoms with van der Waals surface area (Å²) < 4.78 is 54.5. The summed E-state index contributed by atoms with van der Waals surface area (Å²) in [4.78, 5) is 45.7. The molecule has 1 fully saturated rings. The van der Waals surface area contributed by atoms with E-state index in [0.717, 1.165) is 21.6 Å². The molecule has 0 bridgehead atoms. The van der Waals surface area contributed by atoms with E-state index < -0.39 is 56.4 Å². The Morgan fingerprint density at radius 2 is 1.42 bits per heavy atom. The zero-order valence-corrected chi connectivity index (χ0v) is 45.9. The van der Waals surface area contributed by atoms with Crippen molar-refractivity contribution >= 4 is 43.4 Å². The van der Waals surface area contributed by atoms with Crippen molar-refractivity contribution in [2.24, 2.45) is 7.05 Å². The van der Waals surface area contributed by atoms with Gasteiger partial charge in [-0.15, -0.1) is 0 Å². The van der Waals surface area contributed by atoms with Crippen molar-refractivity contribution in [2.45, 2.75) is 89.5 Å². The number of guanidine groups is 1. The number of aryl methyl sites for hydroxylation is 1. The Morgan fingerprint density at radius 1 is 0.823 bits per heavy atom. The maximum Gasteiger partial charge on any atom is 0.421 e. The Labute approximate surface area is 459 Å². The molecule has 0 aliphatic carbocycles. The molecular formula is C57H63N10O11P. The summed E-state index contributed by atoms with van der Waals surface area (Å²) in [6.45, 7) is 7.76. The smallest absolute Gasteiger partial charge is 0.421 e. The number of anilines is 1. The van der Waals surface area contributed by atoms with Gasteiger partial charge >= 0.3 is 17.9 Å². The fourth-order valence-electron chi connectivity index (χ4n) is 9.27. The van der Waals surface area contributed by atoms with Crippen molar-refractivity contribution < 1.29 is 47.1 Å². The molecular weight excluding hydrogens is 1030 g/mol. The summed E-state index contributed by atoms with van der Waals surface area (Å²) in [5, 5.41) is 38.9. The second-order valence-corrected chi connectivity index (χ2v) is 20.0. The third kappa shape index (κ3) is 13.7. The van der Waals surface area contributed by atoms with Crippen LogP contribution in [-0.2, 0) is 40.6 Å². The van der Waals surface area contributed by atoms with Crippen molar-refractivity contribution in [1.82, 2.24) is 24.1 Å². The zero-order valence-electron chi connectivity index (χ0n) is 45.0. The van der Waals surface area contributed by atoms with Crippen molar-refractivity contribution in [3.05, 3.63) is 143 Å². The normalized spacial score (nSPS) is 15.5. The quantitative estimate of drug-likeness (QED) is 0.0199. The number of aromatic nitrogens is 3. The molecule has 0 saturated carbocycles. The van der Waals surface area contributed by atoms with Gasteiger partial charge in [-0.05, 0) is 86.8 Å². The van der Waals surface area contributed by atoms with Gasteiger partial charge in [0, 0.05) is 42.7 Å². The van der Waals surface area contributed by atoms with E-state index in [4.69, 9.17) is 53.4 Å². The third-order valence-corrected chi connectivity index (χ3v) is 15.0. The summed E-state index contributed by atoms with van der Waals surface area (Å²) in [6.07, 6.45) is -2.80. The molecule has 1 aliphatic heterocycles. The van der Waals surface area contributed by atoms with Gasteiger partial charge in [-0.1, -0.05) is 66.7 Å². The largest absolute Gasteiger partial charge is 0.497 e. The number of nitriles is 3. The Hall–Kier alpha value is -8.19. The molecule has 6 aromatic rings. The van der Waals surface area contributed by atoms with E-state index in [1.165, 1.54) is 10.6 Å². The van der Waals surface area contributed by atoms with Gasteiger partial charge in [-0.2, -0.15) is 20.8 Å². The van der Waals surface area contributed by atoms with Gasteiger partial charge in [-0.25, -0.2) is 24.0 Å². The molecule has 0 spiro atoms. The minimum absolute atomic E-state index is 0.0150. The molecule has 4 aromatic carbocycles. The van der Waals surface area contributed by atoms with Gasteiger partial charge in [0.2, 0.25) is 5.96 Å². The van der Waals surface area contributed by atoms with Gasteiger partial charge < -0.3 is 42.0 Å². The van der Waals surface area contributed by atoms with Gasteiger partial charge in [0.15, 0.2) is 0 Å². The number of hydrogen-bond donors (Lipinski definition) is 2. The predicted molar refractivity (Wildman–Crippen MR) is 294 cm³/mol. The topological polar surface area (TPSA) is 262 Å². The number of hydrogen-bond acceptors (Lipinski definition) is 17. The number of amides is 2. The fourth-order valence-corrected chi connectivity index (χ4v) is 11.0. The number of carbonyl (C=O) groups is 2. The second kappa shape index (κ2) is 27.4. The highest BCUT2D eigenvalue weighted by Gasteiger charge is 2.45. The van der Waals surface area contributed by atoms with Crippen LogP contribution < -0.4 is 25.4 Å². The van der Waals surface area contributed by atoms with Crippen LogP contribution in [-0.4, -0.2) is 102 Å². The van der Waals surface area contributed by atoms with Crippen LogP contribution in [0.3, 0.4) is 0 Å². The molecule has 1 unspecified atom stereocenters. The molecule has 22 heteroatoms. The Morgan fingerprint density at radius 3 is 2.01 bits per heavy atom. The maximum atomic E-state index is 14.4. The lowest BCUT2D eigenvalue weighted by atomic mass is 9.80. The number of ether oxygens (including phenoxy) is 6. The van der Waals surface area contributed by atoms with E-state index in [-0.39, 0.29) is 69.9 Å². The molecule has 1 saturated heterocycles. The molecule has 7 rings (SSSR count). The highest BCUT2D eigenvalue weighted by atomic mass is 31.2. The van der Waals surface area contributed by atoms with Gasteiger partial charge in [0.1, 0.15) is 48.3 Å². The lowest BCUT2D eigenvalue weighted by molar-refractivity contribution is -0.0924. The van der Waals surface area contributed by atoms with Crippen LogP contribution in [0.1, 0.15) is 76.3 Å². The number of nitrogens with one attached hydrogen (secondary N) is 2. The Bertz CT molecular complexity index is 3190. The number of benzene rings is 4. The van der Waals surface area contributed by atoms with Crippen LogP contribution >= 0.6 is 8.53 Å². The van der Waals surface area contributed by atoms with E-state index in [9.17, 15) is 19.6 Å². The lowest BCUT2D eigenvalue weighted by Gasteiger charge is -2.39. The molecule has 2 aromatic heterocycles. The van der Waals surface area contributed by atoms with Crippen LogP contribution in [0.4, 0.5) is 15.3 Å². The molecule has 4 atom stereocenters. The van der Waals surface area contributed by atoms with E-state index in [0.29, 0.717) is 33.8 Å². The van der Waals surface area contributed by atoms with Crippen molar-refractivity contribution in [3.63, 3.8) is 0 Å². The van der Waals surface area contributed by atoms with E-state index in [1.54, 1.807) is 50.2 Å². The van der Waals surface area contributed by atoms with Crippen LogP contribution in [0.25, 0.3) is 22.3 Å². The second-order valence-electron chi connectivity index (χ2n) is 18.6. The molecule has 2 amide bonds. The molecule has 79 heavy (non-hydrogen) atoms. The van der Waals surface area contributed by atoms with E-state index >= 15 is 0 Å². The van der Waals surface area contributed by atoms with Gasteiger partial charge in [0.05, 0.1) is 82.4 Å². The summed E-state index contributed by atoms with van der Waals surface area (Å²) in [5.74, 6) is 0.607. The first kappa shape index (κ1) is 58.5. The summed E-state index contributed by atoms with van der Waals surface area (Å²) in [5.41, 5.74) is 2.11. The molecule has 412 valence electrons. The standard InChI is InChI=1S/C57H63N10O11P/c1-38(2)67(39(3)4)79(76-32-14-29-60)78-49-35-51(77-50(49)37-75-57(42-16-9-8-10-17-42,43-19-23-46(71-6)24-20-43)44-21-25-47(72-7)26-22-44)65-36-41-34-48(64(5)52(41)62-54(65)68)40-15-11-18-45(33-40)66(56(70)74-31-13-28-59)53(61)63-55(69)73-30-12-27-58/h8-11,15-26,33-34,36,38-39,49-51H,12-14,30-32,35,37H2,1-7H3,(H2,61,63,69)/t49-,50+,51+,79?/m0/s1. The minimum atomic E-state index is -1.80. The summed E-state index contributed by atoms with van der Waals surface area (Å²) >= 11 is 0. The number of fused-ring (bicyclic) bond motifs is 1. The predicted octanol–water partition coefficient (Wildman–Crippen LogP) is 9.81. The molecule has 2 N–H and O–H groups in total. The summed E-state index contributed by atoms with van der Waals surface area (Å²) in [7, 11) is 3.15. The molecule has 21 nitrogen and oxygen atoms in total. The number of carbonyl (C=O) groups excluding carboxylic acids is 2. The van der Waals surface area contributed by atoms with Crippen LogP contribution in [0.2, 0.25) is 0 Å². The molecule has 3 heterocycles. The highest BCUT2D eigenvalue weighted by molar-refractivity contribution is 7.44.